The molecule has 162 valence electrons. The first kappa shape index (κ1) is 21.4. The van der Waals surface area contributed by atoms with Crippen molar-refractivity contribution < 1.29 is 14.1 Å². The molecule has 1 aliphatic heterocycles. The van der Waals surface area contributed by atoms with Crippen LogP contribution in [-0.2, 0) is 13.2 Å². The van der Waals surface area contributed by atoms with Gasteiger partial charge in [-0.15, -0.1) is 0 Å². The number of hydrogen-bond acceptors (Lipinski definition) is 5. The minimum Gasteiger partial charge on any atom is -0.489 e. The Balaban J connectivity index is 1.37. The number of nitrogens with zero attached hydrogens (tertiary/aromatic N) is 2. The molecule has 1 N–H and O–H groups in total. The van der Waals surface area contributed by atoms with Crippen LogP contribution in [0.4, 0.5) is 5.69 Å². The zero-order valence-electron chi connectivity index (χ0n) is 17.6. The van der Waals surface area contributed by atoms with Crippen LogP contribution in [0.2, 0.25) is 5.02 Å². The number of rotatable bonds is 7. The lowest BCUT2D eigenvalue weighted by Crippen LogP contribution is -2.29. The number of amides is 1. The maximum atomic E-state index is 12.8. The highest BCUT2D eigenvalue weighted by Crippen LogP contribution is 2.21. The van der Waals surface area contributed by atoms with E-state index in [1.54, 1.807) is 31.2 Å². The lowest BCUT2D eigenvalue weighted by atomic mass is 10.1. The van der Waals surface area contributed by atoms with Gasteiger partial charge in [-0.05, 0) is 74.8 Å². The molecule has 0 saturated carbocycles. The van der Waals surface area contributed by atoms with Crippen LogP contribution in [0.1, 0.15) is 46.6 Å². The van der Waals surface area contributed by atoms with E-state index in [1.807, 2.05) is 12.1 Å². The normalized spacial score (nSPS) is 14.4. The summed E-state index contributed by atoms with van der Waals surface area (Å²) in [6, 6.07) is 15.0. The predicted molar refractivity (Wildman–Crippen MR) is 121 cm³/mol. The quantitative estimate of drug-likeness (QED) is 0.529. The van der Waals surface area contributed by atoms with Crippen molar-refractivity contribution in [1.29, 1.82) is 0 Å². The largest absolute Gasteiger partial charge is 0.489 e. The van der Waals surface area contributed by atoms with Gasteiger partial charge in [-0.1, -0.05) is 35.3 Å². The fourth-order valence-electron chi connectivity index (χ4n) is 3.69. The van der Waals surface area contributed by atoms with E-state index in [0.717, 1.165) is 25.3 Å². The first-order valence-electron chi connectivity index (χ1n) is 10.5. The molecule has 6 nitrogen and oxygen atoms in total. The molecule has 0 radical (unpaired) electrons. The number of aryl methyl sites for hydroxylation is 1. The summed E-state index contributed by atoms with van der Waals surface area (Å²) in [7, 11) is 0. The molecule has 2 heterocycles. The summed E-state index contributed by atoms with van der Waals surface area (Å²) in [6.07, 6.45) is 3.88. The summed E-state index contributed by atoms with van der Waals surface area (Å²) in [6.45, 7) is 5.20. The Morgan fingerprint density at radius 1 is 1.10 bits per heavy atom. The van der Waals surface area contributed by atoms with Crippen molar-refractivity contribution in [2.75, 3.05) is 18.4 Å². The Morgan fingerprint density at radius 3 is 2.52 bits per heavy atom. The Bertz CT molecular complexity index is 1010. The van der Waals surface area contributed by atoms with Gasteiger partial charge in [0, 0.05) is 17.3 Å². The number of anilines is 1. The molecule has 7 heteroatoms. The molecule has 4 rings (SSSR count). The second kappa shape index (κ2) is 9.98. The number of halogens is 1. The third-order valence-electron chi connectivity index (χ3n) is 5.46. The van der Waals surface area contributed by atoms with Crippen molar-refractivity contribution in [2.45, 2.75) is 39.3 Å². The van der Waals surface area contributed by atoms with Crippen molar-refractivity contribution in [2.24, 2.45) is 0 Å². The Morgan fingerprint density at radius 2 is 1.81 bits per heavy atom. The molecule has 1 aromatic heterocycles. The molecular weight excluding hydrogens is 414 g/mol. The van der Waals surface area contributed by atoms with E-state index in [9.17, 15) is 4.79 Å². The number of aromatic nitrogens is 1. The molecule has 0 spiro atoms. The van der Waals surface area contributed by atoms with E-state index in [4.69, 9.17) is 20.9 Å². The predicted octanol–water partition coefficient (Wildman–Crippen LogP) is 5.45. The van der Waals surface area contributed by atoms with E-state index >= 15 is 0 Å². The van der Waals surface area contributed by atoms with Gasteiger partial charge in [-0.2, -0.15) is 0 Å². The molecule has 1 amide bonds. The minimum absolute atomic E-state index is 0.175. The van der Waals surface area contributed by atoms with Crippen LogP contribution in [0.25, 0.3) is 0 Å². The molecule has 2 aromatic carbocycles. The first-order valence-corrected chi connectivity index (χ1v) is 10.9. The zero-order chi connectivity index (χ0) is 21.6. The van der Waals surface area contributed by atoms with Crippen molar-refractivity contribution in [1.82, 2.24) is 10.1 Å². The second-order valence-corrected chi connectivity index (χ2v) is 8.23. The van der Waals surface area contributed by atoms with Gasteiger partial charge in [0.1, 0.15) is 18.1 Å². The number of ether oxygens (including phenoxy) is 1. The number of carbonyl (C=O) groups is 1. The van der Waals surface area contributed by atoms with E-state index in [1.165, 1.54) is 24.8 Å². The van der Waals surface area contributed by atoms with Crippen LogP contribution in [0.5, 0.6) is 5.75 Å². The number of likely N-dealkylation sites (tertiary alicyclic amines) is 1. The minimum atomic E-state index is -0.324. The average molecular weight is 440 g/mol. The standard InChI is InChI=1S/C24H26ClN3O3/c1-17-22(16-30-21-11-7-19(25)8-12-21)23(27-31-17)24(29)26-20-9-5-18(6-10-20)15-28-13-3-2-4-14-28/h5-12H,2-4,13-16H2,1H3,(H,26,29). The van der Waals surface area contributed by atoms with Crippen LogP contribution in [-0.4, -0.2) is 29.1 Å². The number of carbonyl (C=O) groups excluding carboxylic acids is 1. The third-order valence-corrected chi connectivity index (χ3v) is 5.72. The SMILES string of the molecule is Cc1onc(C(=O)Nc2ccc(CN3CCCCC3)cc2)c1COc1ccc(Cl)cc1. The topological polar surface area (TPSA) is 67.6 Å². The summed E-state index contributed by atoms with van der Waals surface area (Å²) < 4.78 is 11.0. The highest BCUT2D eigenvalue weighted by molar-refractivity contribution is 6.30. The summed E-state index contributed by atoms with van der Waals surface area (Å²) in [5.74, 6) is 0.881. The van der Waals surface area contributed by atoms with E-state index < -0.39 is 0 Å². The van der Waals surface area contributed by atoms with Crippen LogP contribution < -0.4 is 10.1 Å². The van der Waals surface area contributed by atoms with Gasteiger partial charge >= 0.3 is 0 Å². The summed E-state index contributed by atoms with van der Waals surface area (Å²) in [5, 5.41) is 7.47. The van der Waals surface area contributed by atoms with E-state index in [-0.39, 0.29) is 18.2 Å². The summed E-state index contributed by atoms with van der Waals surface area (Å²) in [4.78, 5) is 15.3. The summed E-state index contributed by atoms with van der Waals surface area (Å²) in [5.41, 5.74) is 2.81. The van der Waals surface area contributed by atoms with Gasteiger partial charge in [-0.25, -0.2) is 0 Å². The maximum absolute atomic E-state index is 12.8. The van der Waals surface area contributed by atoms with Crippen molar-refractivity contribution in [3.8, 4) is 5.75 Å². The molecule has 0 bridgehead atoms. The zero-order valence-corrected chi connectivity index (χ0v) is 18.3. The number of piperidine rings is 1. The number of nitrogens with one attached hydrogen (secondary N) is 1. The lowest BCUT2D eigenvalue weighted by Gasteiger charge is -2.26. The molecule has 1 saturated heterocycles. The van der Waals surface area contributed by atoms with Crippen molar-refractivity contribution in [3.63, 3.8) is 0 Å². The summed E-state index contributed by atoms with van der Waals surface area (Å²) >= 11 is 5.90. The molecule has 0 atom stereocenters. The van der Waals surface area contributed by atoms with Crippen molar-refractivity contribution in [3.05, 3.63) is 76.1 Å². The van der Waals surface area contributed by atoms with Crippen LogP contribution in [0, 0.1) is 6.92 Å². The van der Waals surface area contributed by atoms with E-state index in [0.29, 0.717) is 22.1 Å². The van der Waals surface area contributed by atoms with Gasteiger partial charge in [-0.3, -0.25) is 9.69 Å². The average Bonchev–Trinajstić information content (AvgIpc) is 3.16. The lowest BCUT2D eigenvalue weighted by molar-refractivity contribution is 0.101. The van der Waals surface area contributed by atoms with Crippen LogP contribution in [0.3, 0.4) is 0 Å². The van der Waals surface area contributed by atoms with E-state index in [2.05, 4.69) is 27.5 Å². The molecule has 3 aromatic rings. The Hall–Kier alpha value is -2.83. The number of benzene rings is 2. The highest BCUT2D eigenvalue weighted by atomic mass is 35.5. The highest BCUT2D eigenvalue weighted by Gasteiger charge is 2.21. The van der Waals surface area contributed by atoms with Crippen LogP contribution in [0.15, 0.2) is 53.1 Å². The molecule has 31 heavy (non-hydrogen) atoms. The van der Waals surface area contributed by atoms with Gasteiger partial charge < -0.3 is 14.6 Å². The van der Waals surface area contributed by atoms with Gasteiger partial charge in [0.25, 0.3) is 5.91 Å². The van der Waals surface area contributed by atoms with Gasteiger partial charge in [0.15, 0.2) is 5.69 Å². The second-order valence-electron chi connectivity index (χ2n) is 7.80. The van der Waals surface area contributed by atoms with Crippen molar-refractivity contribution >= 4 is 23.2 Å². The molecular formula is C24H26ClN3O3. The fraction of sp³-hybridized carbons (Fsp3) is 0.333. The molecule has 0 aliphatic carbocycles. The smallest absolute Gasteiger partial charge is 0.278 e. The maximum Gasteiger partial charge on any atom is 0.278 e. The molecule has 1 fully saturated rings. The van der Waals surface area contributed by atoms with Crippen LogP contribution >= 0.6 is 11.6 Å². The van der Waals surface area contributed by atoms with Gasteiger partial charge in [0.05, 0.1) is 5.56 Å². The third kappa shape index (κ3) is 5.66. The Kier molecular flexibility index (Phi) is 6.89. The Labute approximate surface area is 187 Å². The monoisotopic (exact) mass is 439 g/mol. The fourth-order valence-corrected chi connectivity index (χ4v) is 3.81. The molecule has 1 aliphatic rings. The number of hydrogen-bond donors (Lipinski definition) is 1. The molecule has 0 unspecified atom stereocenters. The van der Waals surface area contributed by atoms with Gasteiger partial charge in [0.2, 0.25) is 0 Å². The first-order chi connectivity index (χ1) is 15.1.